The molecule has 0 aliphatic heterocycles. The molecule has 1 aromatic carbocycles. The van der Waals surface area contributed by atoms with Crippen LogP contribution in [-0.4, -0.2) is 20.4 Å². The summed E-state index contributed by atoms with van der Waals surface area (Å²) in [6.07, 6.45) is 2.20. The molecule has 2 radical (unpaired) electrons. The van der Waals surface area contributed by atoms with Crippen molar-refractivity contribution in [3.63, 3.8) is 0 Å². The van der Waals surface area contributed by atoms with Gasteiger partial charge in [-0.2, -0.15) is 0 Å². The maximum atomic E-state index is 11.4. The Labute approximate surface area is 92.0 Å². The second-order valence-corrected chi connectivity index (χ2v) is 3.45. The molecule has 0 saturated heterocycles. The number of hydrogen-bond donors (Lipinski definition) is 0. The van der Waals surface area contributed by atoms with Crippen molar-refractivity contribution in [2.75, 3.05) is 6.61 Å². The van der Waals surface area contributed by atoms with Crippen molar-refractivity contribution in [3.8, 4) is 0 Å². The topological polar surface area (TPSA) is 26.3 Å². The number of esters is 1. The van der Waals surface area contributed by atoms with Gasteiger partial charge < -0.3 is 4.74 Å². The van der Waals surface area contributed by atoms with Gasteiger partial charge in [-0.3, -0.25) is 4.79 Å². The largest absolute Gasteiger partial charge is 0.465 e. The lowest BCUT2D eigenvalue weighted by molar-refractivity contribution is -0.142. The number of carbonyl (C=O) groups excluding carboxylic acids is 1. The van der Waals surface area contributed by atoms with Crippen LogP contribution in [-0.2, 0) is 16.0 Å². The Morgan fingerprint density at radius 2 is 2.13 bits per heavy atom. The lowest BCUT2D eigenvalue weighted by Gasteiger charge is -2.06. The molecule has 0 N–H and O–H groups in total. The van der Waals surface area contributed by atoms with Crippen LogP contribution in [0.5, 0.6) is 0 Å². The minimum atomic E-state index is -0.207. The molecule has 0 saturated carbocycles. The van der Waals surface area contributed by atoms with Crippen molar-refractivity contribution < 1.29 is 9.53 Å². The highest BCUT2D eigenvalue weighted by Crippen LogP contribution is 1.98. The smallest absolute Gasteiger partial charge is 0.310 e. The van der Waals surface area contributed by atoms with Crippen LogP contribution in [0.4, 0.5) is 0 Å². The third-order valence-electron chi connectivity index (χ3n) is 2.15. The van der Waals surface area contributed by atoms with Crippen LogP contribution in [0.1, 0.15) is 25.3 Å². The highest BCUT2D eigenvalue weighted by molar-refractivity contribution is 6.33. The molecule has 1 rings (SSSR count). The summed E-state index contributed by atoms with van der Waals surface area (Å²) in [5.41, 5.74) is 1.48. The van der Waals surface area contributed by atoms with E-state index in [0.29, 0.717) is 12.1 Å². The molecule has 0 aliphatic rings. The molecule has 0 aromatic heterocycles. The first-order chi connectivity index (χ1) is 7.24. The zero-order valence-corrected chi connectivity index (χ0v) is 9.03. The summed E-state index contributed by atoms with van der Waals surface area (Å²) >= 11 is 0. The molecule has 0 atom stereocenters. The van der Waals surface area contributed by atoms with E-state index in [9.17, 15) is 4.79 Å². The van der Waals surface area contributed by atoms with Crippen LogP contribution in [0.2, 0.25) is 0 Å². The average Bonchev–Trinajstić information content (AvgIpc) is 2.22. The molecule has 15 heavy (non-hydrogen) atoms. The van der Waals surface area contributed by atoms with E-state index in [1.165, 1.54) is 0 Å². The summed E-state index contributed by atoms with van der Waals surface area (Å²) in [7, 11) is 5.72. The van der Waals surface area contributed by atoms with Crippen molar-refractivity contribution in [1.29, 1.82) is 0 Å². The molecule has 0 fully saturated rings. The van der Waals surface area contributed by atoms with Crippen LogP contribution in [0, 0.1) is 0 Å². The minimum Gasteiger partial charge on any atom is -0.465 e. The molecule has 0 unspecified atom stereocenters. The second-order valence-electron chi connectivity index (χ2n) is 3.45. The summed E-state index contributed by atoms with van der Waals surface area (Å²) in [4.78, 5) is 11.4. The van der Waals surface area contributed by atoms with Crippen LogP contribution in [0.25, 0.3) is 0 Å². The van der Waals surface area contributed by atoms with E-state index in [2.05, 4.69) is 6.92 Å². The van der Waals surface area contributed by atoms with E-state index in [-0.39, 0.29) is 12.4 Å². The predicted molar refractivity (Wildman–Crippen MR) is 61.4 cm³/mol. The molecular formula is C12H15BO2. The Morgan fingerprint density at radius 1 is 1.40 bits per heavy atom. The van der Waals surface area contributed by atoms with Crippen molar-refractivity contribution >= 4 is 19.3 Å². The van der Waals surface area contributed by atoms with Crippen LogP contribution in [0.3, 0.4) is 0 Å². The molecule has 0 spiro atoms. The van der Waals surface area contributed by atoms with Gasteiger partial charge in [0, 0.05) is 0 Å². The molecule has 2 nitrogen and oxygen atoms in total. The Morgan fingerprint density at radius 3 is 2.80 bits per heavy atom. The summed E-state index contributed by atoms with van der Waals surface area (Å²) in [6, 6.07) is 7.34. The Balaban J connectivity index is 2.41. The van der Waals surface area contributed by atoms with E-state index < -0.39 is 0 Å². The van der Waals surface area contributed by atoms with Crippen LogP contribution >= 0.6 is 0 Å². The Bertz CT molecular complexity index is 323. The van der Waals surface area contributed by atoms with Gasteiger partial charge in [-0.15, -0.1) is 0 Å². The number of benzene rings is 1. The maximum absolute atomic E-state index is 11.4. The van der Waals surface area contributed by atoms with Gasteiger partial charge in [-0.05, 0) is 12.0 Å². The summed E-state index contributed by atoms with van der Waals surface area (Å²) in [5, 5.41) is 0. The third-order valence-corrected chi connectivity index (χ3v) is 2.15. The molecule has 0 bridgehead atoms. The Kier molecular flexibility index (Phi) is 4.95. The van der Waals surface area contributed by atoms with Gasteiger partial charge in [0.2, 0.25) is 0 Å². The quantitative estimate of drug-likeness (QED) is 0.409. The SMILES string of the molecule is [B]c1ccccc1CC(=O)OCCCC. The minimum absolute atomic E-state index is 0.207. The molecule has 0 amide bonds. The zero-order chi connectivity index (χ0) is 11.1. The molecule has 0 heterocycles. The van der Waals surface area contributed by atoms with Gasteiger partial charge in [0.25, 0.3) is 0 Å². The van der Waals surface area contributed by atoms with E-state index in [0.717, 1.165) is 18.4 Å². The summed E-state index contributed by atoms with van der Waals surface area (Å²) in [6.45, 7) is 2.56. The fourth-order valence-corrected chi connectivity index (χ4v) is 1.23. The van der Waals surface area contributed by atoms with Crippen molar-refractivity contribution in [2.24, 2.45) is 0 Å². The van der Waals surface area contributed by atoms with Gasteiger partial charge >= 0.3 is 5.97 Å². The number of unbranched alkanes of at least 4 members (excludes halogenated alkanes) is 1. The first-order valence-corrected chi connectivity index (χ1v) is 5.23. The molecule has 3 heteroatoms. The molecule has 1 aromatic rings. The van der Waals surface area contributed by atoms with Gasteiger partial charge in [0.1, 0.15) is 7.85 Å². The zero-order valence-electron chi connectivity index (χ0n) is 9.03. The summed E-state index contributed by atoms with van der Waals surface area (Å²) in [5.74, 6) is -0.207. The monoisotopic (exact) mass is 202 g/mol. The Hall–Kier alpha value is -1.25. The van der Waals surface area contributed by atoms with E-state index >= 15 is 0 Å². The lowest BCUT2D eigenvalue weighted by Crippen LogP contribution is -2.16. The normalized spacial score (nSPS) is 9.93. The van der Waals surface area contributed by atoms with Crippen LogP contribution < -0.4 is 5.46 Å². The van der Waals surface area contributed by atoms with Crippen LogP contribution in [0.15, 0.2) is 24.3 Å². The fourth-order valence-electron chi connectivity index (χ4n) is 1.23. The van der Waals surface area contributed by atoms with E-state index in [4.69, 9.17) is 12.6 Å². The van der Waals surface area contributed by atoms with Gasteiger partial charge in [0.05, 0.1) is 13.0 Å². The summed E-state index contributed by atoms with van der Waals surface area (Å²) < 4.78 is 5.05. The third kappa shape index (κ3) is 4.19. The maximum Gasteiger partial charge on any atom is 0.310 e. The lowest BCUT2D eigenvalue weighted by atomic mass is 9.89. The molecular weight excluding hydrogens is 187 g/mol. The first-order valence-electron chi connectivity index (χ1n) is 5.23. The highest BCUT2D eigenvalue weighted by Gasteiger charge is 2.05. The van der Waals surface area contributed by atoms with Crippen molar-refractivity contribution in [3.05, 3.63) is 29.8 Å². The van der Waals surface area contributed by atoms with Crippen molar-refractivity contribution in [1.82, 2.24) is 0 Å². The van der Waals surface area contributed by atoms with E-state index in [1.807, 2.05) is 18.2 Å². The molecule has 0 aliphatic carbocycles. The number of ether oxygens (including phenoxy) is 1. The average molecular weight is 202 g/mol. The fraction of sp³-hybridized carbons (Fsp3) is 0.417. The van der Waals surface area contributed by atoms with Gasteiger partial charge in [-0.25, -0.2) is 0 Å². The predicted octanol–water partition coefficient (Wildman–Crippen LogP) is 1.37. The standard InChI is InChI=1S/C12H15BO2/c1-2-3-8-15-12(14)9-10-6-4-5-7-11(10)13/h4-7H,2-3,8-9H2,1H3. The number of carbonyl (C=O) groups is 1. The second kappa shape index (κ2) is 6.28. The van der Waals surface area contributed by atoms with E-state index in [1.54, 1.807) is 6.07 Å². The highest BCUT2D eigenvalue weighted by atomic mass is 16.5. The number of hydrogen-bond acceptors (Lipinski definition) is 2. The van der Waals surface area contributed by atoms with Gasteiger partial charge in [-0.1, -0.05) is 43.1 Å². The number of rotatable bonds is 5. The first kappa shape index (κ1) is 11.8. The van der Waals surface area contributed by atoms with Gasteiger partial charge in [0.15, 0.2) is 0 Å². The molecule has 78 valence electrons. The van der Waals surface area contributed by atoms with Crippen molar-refractivity contribution in [2.45, 2.75) is 26.2 Å².